The lowest BCUT2D eigenvalue weighted by Crippen LogP contribution is -2.40. The van der Waals surface area contributed by atoms with Crippen molar-refractivity contribution in [1.29, 1.82) is 0 Å². The van der Waals surface area contributed by atoms with Gasteiger partial charge in [0.25, 0.3) is 11.8 Å². The molecule has 7 nitrogen and oxygen atoms in total. The Morgan fingerprint density at radius 2 is 2.13 bits per heavy atom. The van der Waals surface area contributed by atoms with Gasteiger partial charge in [-0.2, -0.15) is 0 Å². The van der Waals surface area contributed by atoms with E-state index in [0.29, 0.717) is 0 Å². The molecule has 0 aliphatic carbocycles. The molecule has 0 unspecified atom stereocenters. The zero-order valence-corrected chi connectivity index (χ0v) is 7.74. The van der Waals surface area contributed by atoms with Crippen LogP contribution in [-0.4, -0.2) is 41.1 Å². The number of carboxylic acid groups (broad SMARTS) is 1. The van der Waals surface area contributed by atoms with Crippen molar-refractivity contribution in [2.75, 3.05) is 13.1 Å². The number of amides is 2. The van der Waals surface area contributed by atoms with Crippen molar-refractivity contribution in [3.05, 3.63) is 11.3 Å². The van der Waals surface area contributed by atoms with Crippen molar-refractivity contribution >= 4 is 17.8 Å². The van der Waals surface area contributed by atoms with Gasteiger partial charge < -0.3 is 20.8 Å². The van der Waals surface area contributed by atoms with E-state index in [4.69, 9.17) is 5.11 Å². The molecule has 0 saturated carbocycles. The quantitative estimate of drug-likeness (QED) is 0.427. The van der Waals surface area contributed by atoms with Crippen molar-refractivity contribution < 1.29 is 24.6 Å². The fourth-order valence-corrected chi connectivity index (χ4v) is 1.12. The molecule has 2 amide bonds. The van der Waals surface area contributed by atoms with Gasteiger partial charge in [-0.3, -0.25) is 14.4 Å². The fourth-order valence-electron chi connectivity index (χ4n) is 1.12. The summed E-state index contributed by atoms with van der Waals surface area (Å²) in [5.41, 5.74) is -0.414. The largest absolute Gasteiger partial charge is 0.511 e. The van der Waals surface area contributed by atoms with E-state index in [0.717, 1.165) is 0 Å². The maximum atomic E-state index is 11.3. The first-order valence-corrected chi connectivity index (χ1v) is 4.22. The molecule has 7 heteroatoms. The summed E-state index contributed by atoms with van der Waals surface area (Å²) < 4.78 is 0. The second-order valence-corrected chi connectivity index (χ2v) is 2.90. The summed E-state index contributed by atoms with van der Waals surface area (Å²) in [6, 6.07) is 0. The minimum atomic E-state index is -1.22. The predicted octanol–water partition coefficient (Wildman–Crippen LogP) is -1.48. The summed E-state index contributed by atoms with van der Waals surface area (Å²) in [5, 5.41) is 21.9. The number of aliphatic hydroxyl groups excluding tert-OH is 1. The maximum Gasteiger partial charge on any atom is 0.322 e. The van der Waals surface area contributed by atoms with Crippen LogP contribution in [0.15, 0.2) is 11.3 Å². The highest BCUT2D eigenvalue weighted by molar-refractivity contribution is 6.19. The summed E-state index contributed by atoms with van der Waals surface area (Å²) >= 11 is 0. The van der Waals surface area contributed by atoms with Gasteiger partial charge in [0.15, 0.2) is 0 Å². The second-order valence-electron chi connectivity index (χ2n) is 2.90. The number of rotatable bonds is 3. The van der Waals surface area contributed by atoms with Gasteiger partial charge in [-0.05, 0) is 0 Å². The van der Waals surface area contributed by atoms with Gasteiger partial charge in [0.05, 0.1) is 0 Å². The fraction of sp³-hybridized carbons (Fsp3) is 0.375. The van der Waals surface area contributed by atoms with E-state index in [1.54, 1.807) is 0 Å². The molecule has 0 aromatic rings. The van der Waals surface area contributed by atoms with Crippen LogP contribution in [-0.2, 0) is 14.4 Å². The normalized spacial score (nSPS) is 15.9. The van der Waals surface area contributed by atoms with Crippen molar-refractivity contribution in [3.8, 4) is 0 Å². The van der Waals surface area contributed by atoms with Crippen LogP contribution >= 0.6 is 0 Å². The van der Waals surface area contributed by atoms with Crippen molar-refractivity contribution in [1.82, 2.24) is 10.6 Å². The van der Waals surface area contributed by atoms with E-state index < -0.39 is 29.9 Å². The Labute approximate surface area is 84.8 Å². The van der Waals surface area contributed by atoms with Crippen LogP contribution in [0.5, 0.6) is 0 Å². The van der Waals surface area contributed by atoms with E-state index in [1.165, 1.54) is 0 Å². The monoisotopic (exact) mass is 214 g/mol. The Balaban J connectivity index is 2.72. The Hall–Kier alpha value is -2.05. The smallest absolute Gasteiger partial charge is 0.322 e. The Morgan fingerprint density at radius 3 is 2.67 bits per heavy atom. The topological polar surface area (TPSA) is 116 Å². The molecule has 0 spiro atoms. The average molecular weight is 214 g/mol. The molecule has 1 aliphatic heterocycles. The lowest BCUT2D eigenvalue weighted by atomic mass is 10.1. The number of aliphatic hydroxyl groups is 1. The maximum absolute atomic E-state index is 11.3. The molecule has 0 saturated heterocycles. The van der Waals surface area contributed by atoms with Gasteiger partial charge in [-0.15, -0.1) is 0 Å². The van der Waals surface area contributed by atoms with Gasteiger partial charge >= 0.3 is 5.97 Å². The van der Waals surface area contributed by atoms with Gasteiger partial charge in [0.2, 0.25) is 0 Å². The molecule has 0 aromatic carbocycles. The molecule has 1 rings (SSSR count). The highest BCUT2D eigenvalue weighted by Crippen LogP contribution is 2.10. The number of carboxylic acids is 1. The third kappa shape index (κ3) is 2.70. The van der Waals surface area contributed by atoms with Crippen LogP contribution < -0.4 is 10.6 Å². The summed E-state index contributed by atoms with van der Waals surface area (Å²) in [6.45, 7) is -0.330. The number of hydrogen-bond acceptors (Lipinski definition) is 4. The van der Waals surface area contributed by atoms with E-state index >= 15 is 0 Å². The molecule has 15 heavy (non-hydrogen) atoms. The number of aliphatic carboxylic acids is 1. The number of nitrogens with one attached hydrogen (secondary N) is 2. The zero-order valence-electron chi connectivity index (χ0n) is 7.74. The number of carbonyl (C=O) groups excluding carboxylic acids is 2. The lowest BCUT2D eigenvalue weighted by Gasteiger charge is -2.15. The minimum absolute atomic E-state index is 0.168. The number of hydrogen-bond donors (Lipinski definition) is 4. The van der Waals surface area contributed by atoms with Crippen molar-refractivity contribution in [2.24, 2.45) is 0 Å². The molecule has 4 N–H and O–H groups in total. The molecule has 0 atom stereocenters. The molecular formula is C8H10N2O5. The third-order valence-corrected chi connectivity index (χ3v) is 1.79. The van der Waals surface area contributed by atoms with E-state index in [1.807, 2.05) is 5.32 Å². The van der Waals surface area contributed by atoms with E-state index in [2.05, 4.69) is 5.32 Å². The first-order valence-electron chi connectivity index (χ1n) is 4.22. The molecule has 82 valence electrons. The first kappa shape index (κ1) is 11.0. The average Bonchev–Trinajstić information content (AvgIpc) is 2.14. The van der Waals surface area contributed by atoms with E-state index in [9.17, 15) is 19.5 Å². The molecule has 0 fully saturated rings. The van der Waals surface area contributed by atoms with Crippen LogP contribution in [0.4, 0.5) is 0 Å². The highest BCUT2D eigenvalue weighted by Gasteiger charge is 2.26. The zero-order chi connectivity index (χ0) is 11.4. The van der Waals surface area contributed by atoms with Crippen LogP contribution in [0.1, 0.15) is 6.42 Å². The molecule has 1 heterocycles. The minimum Gasteiger partial charge on any atom is -0.511 e. The predicted molar refractivity (Wildman–Crippen MR) is 47.9 cm³/mol. The van der Waals surface area contributed by atoms with Crippen molar-refractivity contribution in [3.63, 3.8) is 0 Å². The summed E-state index contributed by atoms with van der Waals surface area (Å²) in [5.74, 6) is -3.12. The second kappa shape index (κ2) is 4.45. The lowest BCUT2D eigenvalue weighted by molar-refractivity contribution is -0.138. The van der Waals surface area contributed by atoms with Gasteiger partial charge in [0, 0.05) is 13.0 Å². The summed E-state index contributed by atoms with van der Waals surface area (Å²) in [6.07, 6.45) is 0.168. The molecule has 0 bridgehead atoms. The summed E-state index contributed by atoms with van der Waals surface area (Å²) in [4.78, 5) is 32.6. The number of carbonyl (C=O) groups is 3. The van der Waals surface area contributed by atoms with Crippen LogP contribution in [0, 0.1) is 0 Å². The SMILES string of the molecule is O=C(O)CNC(=O)C1=C(O)CCNC1=O. The van der Waals surface area contributed by atoms with Gasteiger partial charge in [0.1, 0.15) is 17.9 Å². The highest BCUT2D eigenvalue weighted by atomic mass is 16.4. The molecule has 0 aromatic heterocycles. The summed E-state index contributed by atoms with van der Waals surface area (Å²) in [7, 11) is 0. The van der Waals surface area contributed by atoms with Crippen LogP contribution in [0.2, 0.25) is 0 Å². The van der Waals surface area contributed by atoms with E-state index in [-0.39, 0.29) is 18.7 Å². The first-order chi connectivity index (χ1) is 7.02. The standard InChI is InChI=1S/C8H10N2O5/c11-4-1-2-9-7(14)6(4)8(15)10-3-5(12)13/h11H,1-3H2,(H,9,14)(H,10,15)(H,12,13). The molecular weight excluding hydrogens is 204 g/mol. The van der Waals surface area contributed by atoms with Gasteiger partial charge in [-0.25, -0.2) is 0 Å². The van der Waals surface area contributed by atoms with Crippen LogP contribution in [0.3, 0.4) is 0 Å². The van der Waals surface area contributed by atoms with Gasteiger partial charge in [-0.1, -0.05) is 0 Å². The van der Waals surface area contributed by atoms with Crippen molar-refractivity contribution in [2.45, 2.75) is 6.42 Å². The van der Waals surface area contributed by atoms with Crippen LogP contribution in [0.25, 0.3) is 0 Å². The Bertz CT molecular complexity index is 347. The third-order valence-electron chi connectivity index (χ3n) is 1.79. The Kier molecular flexibility index (Phi) is 3.27. The molecule has 1 aliphatic rings. The Morgan fingerprint density at radius 1 is 1.47 bits per heavy atom. The molecule has 0 radical (unpaired) electrons.